The van der Waals surface area contributed by atoms with Crippen molar-refractivity contribution in [3.63, 3.8) is 0 Å². The number of carbonyl (C=O) groups is 1. The zero-order valence-corrected chi connectivity index (χ0v) is 16.5. The Bertz CT molecular complexity index is 1390. The summed E-state index contributed by atoms with van der Waals surface area (Å²) in [7, 11) is 0. The molecule has 5 rings (SSSR count). The molecule has 0 atom stereocenters. The second-order valence-electron chi connectivity index (χ2n) is 6.77. The number of carbonyl (C=O) groups excluding carboxylic acids is 1. The van der Waals surface area contributed by atoms with Gasteiger partial charge in [0.05, 0.1) is 30.0 Å². The maximum absolute atomic E-state index is 12.4. The number of hydrogen-bond acceptors (Lipinski definition) is 8. The summed E-state index contributed by atoms with van der Waals surface area (Å²) in [5.41, 5.74) is 3.63. The predicted molar refractivity (Wildman–Crippen MR) is 117 cm³/mol. The van der Waals surface area contributed by atoms with E-state index >= 15 is 0 Å². The van der Waals surface area contributed by atoms with Crippen LogP contribution in [-0.2, 0) is 4.74 Å². The van der Waals surface area contributed by atoms with Gasteiger partial charge in [-0.05, 0) is 43.3 Å². The molecule has 0 radical (unpaired) electrons. The van der Waals surface area contributed by atoms with E-state index in [-0.39, 0.29) is 12.2 Å². The van der Waals surface area contributed by atoms with Crippen LogP contribution in [-0.4, -0.2) is 42.9 Å². The lowest BCUT2D eigenvalue weighted by Gasteiger charge is -2.12. The summed E-state index contributed by atoms with van der Waals surface area (Å²) in [6.45, 7) is 2.00. The number of esters is 1. The van der Waals surface area contributed by atoms with E-state index in [9.17, 15) is 4.79 Å². The molecule has 4 N–H and O–H groups in total. The summed E-state index contributed by atoms with van der Waals surface area (Å²) in [6, 6.07) is 11.4. The Labute approximate surface area is 176 Å². The first-order valence-electron chi connectivity index (χ1n) is 9.64. The van der Waals surface area contributed by atoms with E-state index in [1.165, 1.54) is 6.20 Å². The lowest BCUT2D eigenvalue weighted by Crippen LogP contribution is -2.11. The SMILES string of the molecule is CCOC(=O)c1cnc(Nc2ccc3[nH]ncc3c2)nc1Nc1ccc2[nH]ncc2c1. The summed E-state index contributed by atoms with van der Waals surface area (Å²) in [6.07, 6.45) is 4.92. The van der Waals surface area contributed by atoms with Gasteiger partial charge in [0, 0.05) is 28.3 Å². The smallest absolute Gasteiger partial charge is 0.343 e. The minimum Gasteiger partial charge on any atom is -0.462 e. The van der Waals surface area contributed by atoms with Gasteiger partial charge in [-0.1, -0.05) is 0 Å². The third-order valence-corrected chi connectivity index (χ3v) is 4.68. The molecule has 0 unspecified atom stereocenters. The first kappa shape index (κ1) is 18.6. The number of benzene rings is 2. The van der Waals surface area contributed by atoms with Crippen LogP contribution in [0.5, 0.6) is 0 Å². The molecule has 2 aromatic carbocycles. The van der Waals surface area contributed by atoms with Gasteiger partial charge in [-0.2, -0.15) is 15.2 Å². The molecule has 0 bridgehead atoms. The molecular formula is C21H18N8O2. The molecule has 0 saturated heterocycles. The van der Waals surface area contributed by atoms with Crippen molar-refractivity contribution in [2.75, 3.05) is 17.2 Å². The van der Waals surface area contributed by atoms with E-state index in [0.29, 0.717) is 11.8 Å². The zero-order chi connectivity index (χ0) is 21.2. The number of fused-ring (bicyclic) bond motifs is 2. The van der Waals surface area contributed by atoms with Crippen LogP contribution >= 0.6 is 0 Å². The largest absolute Gasteiger partial charge is 0.462 e. The Morgan fingerprint density at radius 3 is 2.23 bits per heavy atom. The normalized spacial score (nSPS) is 11.0. The Hall–Kier alpha value is -4.47. The molecule has 31 heavy (non-hydrogen) atoms. The second-order valence-corrected chi connectivity index (χ2v) is 6.77. The Morgan fingerprint density at radius 2 is 1.58 bits per heavy atom. The highest BCUT2D eigenvalue weighted by atomic mass is 16.5. The third kappa shape index (κ3) is 3.73. The van der Waals surface area contributed by atoms with Crippen LogP contribution in [0.2, 0.25) is 0 Å². The highest BCUT2D eigenvalue weighted by Crippen LogP contribution is 2.25. The van der Waals surface area contributed by atoms with Crippen LogP contribution in [0.3, 0.4) is 0 Å². The number of hydrogen-bond donors (Lipinski definition) is 4. The third-order valence-electron chi connectivity index (χ3n) is 4.68. The fourth-order valence-corrected chi connectivity index (χ4v) is 3.20. The van der Waals surface area contributed by atoms with Crippen LogP contribution in [0, 0.1) is 0 Å². The van der Waals surface area contributed by atoms with Gasteiger partial charge in [0.2, 0.25) is 5.95 Å². The van der Waals surface area contributed by atoms with E-state index in [1.54, 1.807) is 19.3 Å². The number of ether oxygens (including phenoxy) is 1. The van der Waals surface area contributed by atoms with Gasteiger partial charge in [0.15, 0.2) is 5.82 Å². The Morgan fingerprint density at radius 1 is 0.935 bits per heavy atom. The summed E-state index contributed by atoms with van der Waals surface area (Å²) in [5, 5.41) is 22.1. The van der Waals surface area contributed by atoms with E-state index in [4.69, 9.17) is 4.74 Å². The average Bonchev–Trinajstić information content (AvgIpc) is 3.42. The number of aromatic nitrogens is 6. The first-order chi connectivity index (χ1) is 15.2. The number of nitrogens with zero attached hydrogens (tertiary/aromatic N) is 4. The Balaban J connectivity index is 1.48. The molecule has 0 amide bonds. The van der Waals surface area contributed by atoms with Gasteiger partial charge >= 0.3 is 5.97 Å². The highest BCUT2D eigenvalue weighted by Gasteiger charge is 2.17. The van der Waals surface area contributed by atoms with E-state index in [2.05, 4.69) is 41.0 Å². The van der Waals surface area contributed by atoms with Crippen LogP contribution in [0.1, 0.15) is 17.3 Å². The van der Waals surface area contributed by atoms with Crippen molar-refractivity contribution in [2.45, 2.75) is 6.92 Å². The number of rotatable bonds is 6. The van der Waals surface area contributed by atoms with Crippen molar-refractivity contribution in [1.82, 2.24) is 30.4 Å². The van der Waals surface area contributed by atoms with Gasteiger partial charge in [0.25, 0.3) is 0 Å². The van der Waals surface area contributed by atoms with E-state index < -0.39 is 5.97 Å². The predicted octanol–water partition coefficient (Wildman–Crippen LogP) is 3.89. The molecule has 0 saturated carbocycles. The van der Waals surface area contributed by atoms with Crippen LogP contribution < -0.4 is 10.6 Å². The fourth-order valence-electron chi connectivity index (χ4n) is 3.20. The summed E-state index contributed by atoms with van der Waals surface area (Å²) >= 11 is 0. The monoisotopic (exact) mass is 414 g/mol. The van der Waals surface area contributed by atoms with Gasteiger partial charge in [-0.25, -0.2) is 9.78 Å². The molecule has 0 fully saturated rings. The average molecular weight is 414 g/mol. The Kier molecular flexibility index (Phi) is 4.64. The summed E-state index contributed by atoms with van der Waals surface area (Å²) in [5.74, 6) is 0.173. The zero-order valence-electron chi connectivity index (χ0n) is 16.5. The molecule has 5 aromatic rings. The van der Waals surface area contributed by atoms with Crippen molar-refractivity contribution in [3.05, 3.63) is 60.6 Å². The maximum atomic E-state index is 12.4. The van der Waals surface area contributed by atoms with Crippen molar-refractivity contribution >= 4 is 50.9 Å². The van der Waals surface area contributed by atoms with Crippen molar-refractivity contribution in [3.8, 4) is 0 Å². The van der Waals surface area contributed by atoms with Crippen molar-refractivity contribution in [2.24, 2.45) is 0 Å². The van der Waals surface area contributed by atoms with Gasteiger partial charge in [-0.15, -0.1) is 0 Å². The molecule has 10 nitrogen and oxygen atoms in total. The van der Waals surface area contributed by atoms with E-state index in [1.807, 2.05) is 36.4 Å². The topological polar surface area (TPSA) is 134 Å². The maximum Gasteiger partial charge on any atom is 0.343 e. The molecular weight excluding hydrogens is 396 g/mol. The van der Waals surface area contributed by atoms with Crippen molar-refractivity contribution < 1.29 is 9.53 Å². The molecule has 154 valence electrons. The number of aromatic amines is 2. The standard InChI is InChI=1S/C21H18N8O2/c1-2-31-20(30)16-11-22-21(26-15-4-6-18-13(8-15)10-24-29-18)27-19(16)25-14-3-5-17-12(7-14)9-23-28-17/h3-11H,2H2,1H3,(H,23,28)(H,24,29)(H2,22,25,26,27). The number of nitrogens with one attached hydrogen (secondary N) is 4. The van der Waals surface area contributed by atoms with E-state index in [0.717, 1.165) is 33.2 Å². The minimum absolute atomic E-state index is 0.241. The molecule has 0 spiro atoms. The summed E-state index contributed by atoms with van der Waals surface area (Å²) < 4.78 is 5.16. The first-order valence-corrected chi connectivity index (χ1v) is 9.64. The fraction of sp³-hybridized carbons (Fsp3) is 0.0952. The molecule has 0 aliphatic heterocycles. The quantitative estimate of drug-likeness (QED) is 0.308. The molecule has 0 aliphatic carbocycles. The second kappa shape index (κ2) is 7.75. The van der Waals surface area contributed by atoms with Gasteiger partial charge in [0.1, 0.15) is 5.56 Å². The van der Waals surface area contributed by atoms with Crippen molar-refractivity contribution in [1.29, 1.82) is 0 Å². The molecule has 3 heterocycles. The van der Waals surface area contributed by atoms with Crippen LogP contribution in [0.15, 0.2) is 55.0 Å². The van der Waals surface area contributed by atoms with Gasteiger partial charge in [-0.3, -0.25) is 10.2 Å². The molecule has 3 aromatic heterocycles. The lowest BCUT2D eigenvalue weighted by molar-refractivity contribution is 0.0526. The minimum atomic E-state index is -0.499. The van der Waals surface area contributed by atoms with Gasteiger partial charge < -0.3 is 15.4 Å². The molecule has 10 heteroatoms. The lowest BCUT2D eigenvalue weighted by atomic mass is 10.2. The summed E-state index contributed by atoms with van der Waals surface area (Å²) in [4.78, 5) is 21.2. The number of anilines is 4. The molecule has 0 aliphatic rings. The highest BCUT2D eigenvalue weighted by molar-refractivity contribution is 5.96. The number of H-pyrrole nitrogens is 2. The van der Waals surface area contributed by atoms with Crippen LogP contribution in [0.25, 0.3) is 21.8 Å². The van der Waals surface area contributed by atoms with Crippen LogP contribution in [0.4, 0.5) is 23.1 Å².